The highest BCUT2D eigenvalue weighted by Crippen LogP contribution is 2.38. The number of methoxy groups -OCH3 is 3. The molecule has 168 valence electrons. The first-order valence-electron chi connectivity index (χ1n) is 9.50. The summed E-state index contributed by atoms with van der Waals surface area (Å²) in [4.78, 5) is 24.1. The number of amides is 1. The van der Waals surface area contributed by atoms with E-state index >= 15 is 0 Å². The molecule has 1 aliphatic heterocycles. The molecule has 1 amide bonds. The molecule has 1 aliphatic rings. The standard InChI is InChI=1S/C23H21Br2NO6/c1-29-17-9-14(10-18(30-2)22(17)31-3)11-19(27)26-16-6-4-13(5-7-16)8-15-12-20(28)32-21(15)23(24)25/h4-7,9-10,12H,8,11H2,1-3H3,(H,26,27). The van der Waals surface area contributed by atoms with Gasteiger partial charge in [-0.15, -0.1) is 0 Å². The molecule has 0 fully saturated rings. The zero-order valence-corrected chi connectivity index (χ0v) is 20.8. The van der Waals surface area contributed by atoms with E-state index in [2.05, 4.69) is 37.2 Å². The third kappa shape index (κ3) is 5.72. The molecule has 0 saturated carbocycles. The second-order valence-corrected chi connectivity index (χ2v) is 9.46. The summed E-state index contributed by atoms with van der Waals surface area (Å²) in [6, 6.07) is 10.9. The number of nitrogens with one attached hydrogen (secondary N) is 1. The van der Waals surface area contributed by atoms with Crippen molar-refractivity contribution < 1.29 is 28.5 Å². The molecule has 1 heterocycles. The quantitative estimate of drug-likeness (QED) is 0.459. The number of ether oxygens (including phenoxy) is 4. The number of hydrogen-bond acceptors (Lipinski definition) is 6. The minimum Gasteiger partial charge on any atom is -0.493 e. The van der Waals surface area contributed by atoms with Gasteiger partial charge in [0.05, 0.1) is 27.8 Å². The first-order chi connectivity index (χ1) is 15.3. The molecule has 2 aromatic carbocycles. The Hall–Kier alpha value is -2.78. The van der Waals surface area contributed by atoms with Crippen LogP contribution in [0.25, 0.3) is 0 Å². The molecule has 0 spiro atoms. The fourth-order valence-corrected chi connectivity index (χ4v) is 3.92. The van der Waals surface area contributed by atoms with E-state index in [0.717, 1.165) is 16.7 Å². The Balaban J connectivity index is 1.66. The summed E-state index contributed by atoms with van der Waals surface area (Å²) >= 11 is 6.56. The lowest BCUT2D eigenvalue weighted by Gasteiger charge is -2.14. The van der Waals surface area contributed by atoms with Crippen molar-refractivity contribution in [3.63, 3.8) is 0 Å². The monoisotopic (exact) mass is 565 g/mol. The van der Waals surface area contributed by atoms with Gasteiger partial charge in [0.15, 0.2) is 17.3 Å². The largest absolute Gasteiger partial charge is 0.493 e. The van der Waals surface area contributed by atoms with Crippen LogP contribution in [-0.4, -0.2) is 33.2 Å². The number of carbonyl (C=O) groups is 2. The molecule has 9 heteroatoms. The van der Waals surface area contributed by atoms with Crippen LogP contribution in [0.1, 0.15) is 11.1 Å². The van der Waals surface area contributed by atoms with Crippen LogP contribution in [0.3, 0.4) is 0 Å². The number of carbonyl (C=O) groups excluding carboxylic acids is 2. The van der Waals surface area contributed by atoms with Crippen LogP contribution in [0.5, 0.6) is 17.2 Å². The third-order valence-corrected chi connectivity index (χ3v) is 5.40. The van der Waals surface area contributed by atoms with E-state index in [0.29, 0.717) is 38.5 Å². The molecule has 0 aliphatic carbocycles. The molecule has 0 unspecified atom stereocenters. The lowest BCUT2D eigenvalue weighted by atomic mass is 10.0. The van der Waals surface area contributed by atoms with Crippen molar-refractivity contribution in [1.29, 1.82) is 0 Å². The van der Waals surface area contributed by atoms with Gasteiger partial charge in [-0.25, -0.2) is 4.79 Å². The minimum absolute atomic E-state index is 0.137. The van der Waals surface area contributed by atoms with Gasteiger partial charge in [0.2, 0.25) is 11.7 Å². The van der Waals surface area contributed by atoms with Crippen LogP contribution in [0.15, 0.2) is 57.2 Å². The zero-order chi connectivity index (χ0) is 23.3. The van der Waals surface area contributed by atoms with E-state index in [4.69, 9.17) is 18.9 Å². The number of halogens is 2. The van der Waals surface area contributed by atoms with Crippen LogP contribution in [0.2, 0.25) is 0 Å². The average Bonchev–Trinajstić information content (AvgIpc) is 3.14. The maximum absolute atomic E-state index is 12.5. The summed E-state index contributed by atoms with van der Waals surface area (Å²) in [7, 11) is 4.59. The van der Waals surface area contributed by atoms with Crippen molar-refractivity contribution in [3.8, 4) is 17.2 Å². The van der Waals surface area contributed by atoms with Crippen LogP contribution in [-0.2, 0) is 27.2 Å². The van der Waals surface area contributed by atoms with Crippen molar-refractivity contribution in [3.05, 3.63) is 68.3 Å². The molecule has 3 rings (SSSR count). The number of allylic oxidation sites excluding steroid dienone is 1. The molecule has 7 nitrogen and oxygen atoms in total. The van der Waals surface area contributed by atoms with Crippen molar-refractivity contribution in [2.24, 2.45) is 0 Å². The first-order valence-corrected chi connectivity index (χ1v) is 11.1. The van der Waals surface area contributed by atoms with Gasteiger partial charge in [0.25, 0.3) is 0 Å². The Morgan fingerprint density at radius 3 is 2.12 bits per heavy atom. The maximum Gasteiger partial charge on any atom is 0.336 e. The van der Waals surface area contributed by atoms with Crippen LogP contribution in [0, 0.1) is 0 Å². The Morgan fingerprint density at radius 1 is 0.969 bits per heavy atom. The lowest BCUT2D eigenvalue weighted by molar-refractivity contribution is -0.132. The van der Waals surface area contributed by atoms with Gasteiger partial charge in [-0.1, -0.05) is 12.1 Å². The van der Waals surface area contributed by atoms with Gasteiger partial charge in [0.1, 0.15) is 3.39 Å². The summed E-state index contributed by atoms with van der Waals surface area (Å²) < 4.78 is 21.7. The second kappa shape index (κ2) is 10.7. The van der Waals surface area contributed by atoms with E-state index in [-0.39, 0.29) is 12.3 Å². The number of hydrogen-bond donors (Lipinski definition) is 1. The molecule has 1 N–H and O–H groups in total. The molecule has 2 aromatic rings. The first kappa shape index (κ1) is 23.9. The average molecular weight is 567 g/mol. The highest BCUT2D eigenvalue weighted by molar-refractivity contribution is 9.28. The van der Waals surface area contributed by atoms with Crippen LogP contribution in [0.4, 0.5) is 5.69 Å². The fourth-order valence-electron chi connectivity index (χ4n) is 3.25. The summed E-state index contributed by atoms with van der Waals surface area (Å²) in [6.45, 7) is 0. The van der Waals surface area contributed by atoms with E-state index in [1.54, 1.807) is 12.1 Å². The van der Waals surface area contributed by atoms with Gasteiger partial charge in [-0.3, -0.25) is 4.79 Å². The SMILES string of the molecule is COc1cc(CC(=O)Nc2ccc(CC3=CC(=O)OC3=C(Br)Br)cc2)cc(OC)c1OC. The smallest absolute Gasteiger partial charge is 0.336 e. The molecule has 0 saturated heterocycles. The summed E-state index contributed by atoms with van der Waals surface area (Å²) in [5.41, 5.74) is 3.12. The van der Waals surface area contributed by atoms with E-state index < -0.39 is 5.97 Å². The predicted molar refractivity (Wildman–Crippen MR) is 128 cm³/mol. The Bertz CT molecular complexity index is 1060. The summed E-state index contributed by atoms with van der Waals surface area (Å²) in [5, 5.41) is 2.88. The van der Waals surface area contributed by atoms with Gasteiger partial charge in [-0.05, 0) is 67.3 Å². The highest BCUT2D eigenvalue weighted by atomic mass is 79.9. The van der Waals surface area contributed by atoms with Gasteiger partial charge in [-0.2, -0.15) is 0 Å². The normalized spacial score (nSPS) is 12.7. The van der Waals surface area contributed by atoms with Gasteiger partial charge < -0.3 is 24.3 Å². The number of cyclic esters (lactones) is 1. The molecule has 0 radical (unpaired) electrons. The van der Waals surface area contributed by atoms with Gasteiger partial charge in [0, 0.05) is 23.8 Å². The molecule has 32 heavy (non-hydrogen) atoms. The Kier molecular flexibility index (Phi) is 7.98. The number of esters is 1. The second-order valence-electron chi connectivity index (χ2n) is 6.81. The molecule has 0 bridgehead atoms. The summed E-state index contributed by atoms with van der Waals surface area (Å²) in [6.07, 6.45) is 2.12. The maximum atomic E-state index is 12.5. The van der Waals surface area contributed by atoms with Crippen LogP contribution < -0.4 is 19.5 Å². The Labute approximate surface area is 202 Å². The zero-order valence-electron chi connectivity index (χ0n) is 17.7. The van der Waals surface area contributed by atoms with Crippen molar-refractivity contribution >= 4 is 49.4 Å². The topological polar surface area (TPSA) is 83.1 Å². The fraction of sp³-hybridized carbons (Fsp3) is 0.217. The molecule has 0 aromatic heterocycles. The lowest BCUT2D eigenvalue weighted by Crippen LogP contribution is -2.14. The highest BCUT2D eigenvalue weighted by Gasteiger charge is 2.22. The predicted octanol–water partition coefficient (Wildman–Crippen LogP) is 4.88. The van der Waals surface area contributed by atoms with Crippen molar-refractivity contribution in [2.45, 2.75) is 12.8 Å². The number of anilines is 1. The van der Waals surface area contributed by atoms with Crippen molar-refractivity contribution in [2.75, 3.05) is 26.6 Å². The third-order valence-electron chi connectivity index (χ3n) is 4.68. The van der Waals surface area contributed by atoms with E-state index in [1.165, 1.54) is 27.4 Å². The van der Waals surface area contributed by atoms with Crippen molar-refractivity contribution in [1.82, 2.24) is 0 Å². The van der Waals surface area contributed by atoms with Crippen LogP contribution >= 0.6 is 31.9 Å². The van der Waals surface area contributed by atoms with Gasteiger partial charge >= 0.3 is 5.97 Å². The van der Waals surface area contributed by atoms with E-state index in [9.17, 15) is 9.59 Å². The number of benzene rings is 2. The molecular formula is C23H21Br2NO6. The minimum atomic E-state index is -0.401. The number of rotatable bonds is 8. The Morgan fingerprint density at radius 2 is 1.59 bits per heavy atom. The van der Waals surface area contributed by atoms with E-state index in [1.807, 2.05) is 24.3 Å². The summed E-state index contributed by atoms with van der Waals surface area (Å²) in [5.74, 6) is 1.35. The molecule has 0 atom stereocenters. The molecular weight excluding hydrogens is 546 g/mol.